The van der Waals surface area contributed by atoms with Crippen molar-refractivity contribution in [2.24, 2.45) is 10.2 Å². The summed E-state index contributed by atoms with van der Waals surface area (Å²) in [5.74, 6) is -0.539. The average molecular weight is 531 g/mol. The van der Waals surface area contributed by atoms with Crippen LogP contribution in [0.2, 0.25) is 10.0 Å². The molecule has 2 amide bonds. The molecule has 0 aliphatic carbocycles. The highest BCUT2D eigenvalue weighted by Gasteiger charge is 2.09. The first-order valence-corrected chi connectivity index (χ1v) is 11.9. The van der Waals surface area contributed by atoms with E-state index in [4.69, 9.17) is 27.9 Å². The van der Waals surface area contributed by atoms with E-state index < -0.39 is 5.91 Å². The van der Waals surface area contributed by atoms with Crippen molar-refractivity contribution in [1.82, 2.24) is 20.8 Å². The number of halogens is 2. The van der Waals surface area contributed by atoms with E-state index >= 15 is 0 Å². The second-order valence-electron chi connectivity index (χ2n) is 6.90. The summed E-state index contributed by atoms with van der Waals surface area (Å²) < 4.78 is 5.44. The number of nitrogens with zero attached hydrogens (tertiary/aromatic N) is 4. The molecular formula is C23H20Cl2N6O3S. The van der Waals surface area contributed by atoms with Gasteiger partial charge in [0, 0.05) is 21.8 Å². The van der Waals surface area contributed by atoms with Crippen LogP contribution in [0, 0.1) is 6.92 Å². The van der Waals surface area contributed by atoms with Crippen molar-refractivity contribution in [3.63, 3.8) is 0 Å². The molecule has 0 saturated carbocycles. The average Bonchev–Trinajstić information content (AvgIpc) is 2.84. The van der Waals surface area contributed by atoms with Crippen LogP contribution >= 0.6 is 35.0 Å². The molecule has 0 atom stereocenters. The monoisotopic (exact) mass is 530 g/mol. The Morgan fingerprint density at radius 1 is 0.914 bits per heavy atom. The van der Waals surface area contributed by atoms with Gasteiger partial charge in [0.1, 0.15) is 0 Å². The summed E-state index contributed by atoms with van der Waals surface area (Å²) in [5, 5.41) is 9.34. The molecule has 180 valence electrons. The number of amides is 2. The predicted molar refractivity (Wildman–Crippen MR) is 137 cm³/mol. The Hall–Kier alpha value is -3.47. The smallest absolute Gasteiger partial charge is 0.278 e. The zero-order valence-corrected chi connectivity index (χ0v) is 20.8. The second kappa shape index (κ2) is 13.4. The quantitative estimate of drug-likeness (QED) is 0.178. The van der Waals surface area contributed by atoms with E-state index in [1.165, 1.54) is 12.4 Å². The van der Waals surface area contributed by atoms with Crippen molar-refractivity contribution in [3.8, 4) is 5.88 Å². The molecule has 0 unspecified atom stereocenters. The van der Waals surface area contributed by atoms with E-state index in [1.807, 2.05) is 0 Å². The Labute approximate surface area is 216 Å². The number of carbonyl (C=O) groups excluding carboxylic acids is 2. The van der Waals surface area contributed by atoms with Gasteiger partial charge in [-0.1, -0.05) is 59.2 Å². The molecule has 0 fully saturated rings. The van der Waals surface area contributed by atoms with Crippen molar-refractivity contribution in [2.75, 3.05) is 12.4 Å². The topological polar surface area (TPSA) is 118 Å². The molecule has 35 heavy (non-hydrogen) atoms. The maximum Gasteiger partial charge on any atom is 0.278 e. The number of nitrogens with one attached hydrogen (secondary N) is 2. The van der Waals surface area contributed by atoms with Gasteiger partial charge in [-0.2, -0.15) is 15.2 Å². The van der Waals surface area contributed by atoms with Crippen molar-refractivity contribution in [3.05, 3.63) is 81.5 Å². The van der Waals surface area contributed by atoms with Gasteiger partial charge in [-0.25, -0.2) is 15.8 Å². The summed E-state index contributed by atoms with van der Waals surface area (Å²) in [6, 6.07) is 15.6. The maximum atomic E-state index is 12.0. The van der Waals surface area contributed by atoms with E-state index in [1.54, 1.807) is 61.5 Å². The highest BCUT2D eigenvalue weighted by Crippen LogP contribution is 2.17. The summed E-state index contributed by atoms with van der Waals surface area (Å²) in [6.45, 7) is 1.46. The lowest BCUT2D eigenvalue weighted by Crippen LogP contribution is -2.25. The molecule has 0 radical (unpaired) electrons. The van der Waals surface area contributed by atoms with Crippen LogP contribution < -0.4 is 15.6 Å². The van der Waals surface area contributed by atoms with Crippen LogP contribution in [0.15, 0.2) is 70.0 Å². The Balaban J connectivity index is 1.43. The molecule has 1 aromatic heterocycles. The van der Waals surface area contributed by atoms with Crippen LogP contribution in [-0.2, 0) is 9.59 Å². The SMILES string of the molecule is Cc1cc(OCC(=O)N/N=C/c2ccc(Cl)cc2)nc(SCC(=O)N/N=C/c2ccc(Cl)cc2)n1. The fraction of sp³-hybridized carbons (Fsp3) is 0.130. The molecular weight excluding hydrogens is 511 g/mol. The first-order chi connectivity index (χ1) is 16.9. The minimum atomic E-state index is -0.460. The maximum absolute atomic E-state index is 12.0. The van der Waals surface area contributed by atoms with E-state index in [0.717, 1.165) is 22.9 Å². The molecule has 0 spiro atoms. The summed E-state index contributed by atoms with van der Waals surface area (Å²) in [4.78, 5) is 32.5. The number of thioether (sulfide) groups is 1. The van der Waals surface area contributed by atoms with Crippen LogP contribution in [-0.4, -0.2) is 46.6 Å². The number of benzene rings is 2. The standard InChI is InChI=1S/C23H20Cl2N6O3S/c1-15-10-22(34-13-20(32)30-26-11-16-2-6-18(24)7-3-16)29-23(28-15)35-14-21(33)31-27-12-17-4-8-19(25)9-5-17/h2-12H,13-14H2,1H3,(H,30,32)(H,31,33)/b26-11+,27-12+. The number of carbonyl (C=O) groups is 2. The van der Waals surface area contributed by atoms with Crippen LogP contribution in [0.25, 0.3) is 0 Å². The molecule has 2 aromatic carbocycles. The number of hydrogen-bond acceptors (Lipinski definition) is 8. The first-order valence-electron chi connectivity index (χ1n) is 10.1. The third-order valence-corrected chi connectivity index (χ3v) is 5.39. The lowest BCUT2D eigenvalue weighted by molar-refractivity contribution is -0.123. The number of hydrogen-bond donors (Lipinski definition) is 2. The summed E-state index contributed by atoms with van der Waals surface area (Å²) in [6.07, 6.45) is 3.00. The highest BCUT2D eigenvalue weighted by molar-refractivity contribution is 7.99. The zero-order chi connectivity index (χ0) is 25.0. The molecule has 0 aliphatic heterocycles. The highest BCUT2D eigenvalue weighted by atomic mass is 35.5. The van der Waals surface area contributed by atoms with Gasteiger partial charge < -0.3 is 4.74 Å². The molecule has 3 aromatic rings. The van der Waals surface area contributed by atoms with Crippen molar-refractivity contribution >= 4 is 59.2 Å². The van der Waals surface area contributed by atoms with Crippen LogP contribution in [0.1, 0.15) is 16.8 Å². The molecule has 1 heterocycles. The van der Waals surface area contributed by atoms with Crippen molar-refractivity contribution in [1.29, 1.82) is 0 Å². The molecule has 0 aliphatic rings. The van der Waals surface area contributed by atoms with Gasteiger partial charge in [0.05, 0.1) is 18.2 Å². The van der Waals surface area contributed by atoms with Gasteiger partial charge in [0.2, 0.25) is 5.88 Å². The predicted octanol–water partition coefficient (Wildman–Crippen LogP) is 3.86. The van der Waals surface area contributed by atoms with Gasteiger partial charge in [-0.3, -0.25) is 9.59 Å². The lowest BCUT2D eigenvalue weighted by atomic mass is 10.2. The third kappa shape index (κ3) is 9.73. The van der Waals surface area contributed by atoms with E-state index in [9.17, 15) is 9.59 Å². The number of aryl methyl sites for hydroxylation is 1. The van der Waals surface area contributed by atoms with Gasteiger partial charge >= 0.3 is 0 Å². The molecule has 12 heteroatoms. The number of ether oxygens (including phenoxy) is 1. The summed E-state index contributed by atoms with van der Waals surface area (Å²) >= 11 is 12.8. The van der Waals surface area contributed by atoms with Gasteiger partial charge in [0.25, 0.3) is 11.8 Å². The third-order valence-electron chi connectivity index (χ3n) is 4.04. The Bertz CT molecular complexity index is 1130. The molecule has 3 rings (SSSR count). The van der Waals surface area contributed by atoms with Crippen LogP contribution in [0.5, 0.6) is 5.88 Å². The van der Waals surface area contributed by atoms with Crippen molar-refractivity contribution in [2.45, 2.75) is 12.1 Å². The van der Waals surface area contributed by atoms with Gasteiger partial charge in [-0.15, -0.1) is 0 Å². The fourth-order valence-electron chi connectivity index (χ4n) is 2.44. The van der Waals surface area contributed by atoms with Crippen LogP contribution in [0.3, 0.4) is 0 Å². The molecule has 0 bridgehead atoms. The van der Waals surface area contributed by atoms with Crippen LogP contribution in [0.4, 0.5) is 0 Å². The number of aromatic nitrogens is 2. The summed E-state index contributed by atoms with van der Waals surface area (Å²) in [5.41, 5.74) is 7.01. The number of rotatable bonds is 10. The Kier molecular flexibility index (Phi) is 10.0. The van der Waals surface area contributed by atoms with E-state index in [-0.39, 0.29) is 24.1 Å². The Morgan fingerprint density at radius 3 is 2.03 bits per heavy atom. The minimum Gasteiger partial charge on any atom is -0.467 e. The molecule has 9 nitrogen and oxygen atoms in total. The van der Waals surface area contributed by atoms with E-state index in [2.05, 4.69) is 31.0 Å². The minimum absolute atomic E-state index is 0.0424. The number of hydrazone groups is 2. The normalized spacial score (nSPS) is 11.1. The fourth-order valence-corrected chi connectivity index (χ4v) is 3.38. The lowest BCUT2D eigenvalue weighted by Gasteiger charge is -2.07. The van der Waals surface area contributed by atoms with Crippen molar-refractivity contribution < 1.29 is 14.3 Å². The Morgan fingerprint density at radius 2 is 1.46 bits per heavy atom. The second-order valence-corrected chi connectivity index (χ2v) is 8.71. The van der Waals surface area contributed by atoms with E-state index in [0.29, 0.717) is 20.9 Å². The largest absolute Gasteiger partial charge is 0.467 e. The summed E-state index contributed by atoms with van der Waals surface area (Å²) in [7, 11) is 0. The van der Waals surface area contributed by atoms with Gasteiger partial charge in [-0.05, 0) is 42.3 Å². The first kappa shape index (κ1) is 26.1. The zero-order valence-electron chi connectivity index (χ0n) is 18.4. The molecule has 0 saturated heterocycles. The van der Waals surface area contributed by atoms with Gasteiger partial charge in [0.15, 0.2) is 11.8 Å². The molecule has 2 N–H and O–H groups in total.